The van der Waals surface area contributed by atoms with E-state index in [1.807, 2.05) is 28.8 Å². The summed E-state index contributed by atoms with van der Waals surface area (Å²) in [7, 11) is 0. The van der Waals surface area contributed by atoms with Crippen LogP contribution in [0.1, 0.15) is 11.3 Å². The van der Waals surface area contributed by atoms with Gasteiger partial charge in [0.2, 0.25) is 0 Å². The third kappa shape index (κ3) is 2.99. The summed E-state index contributed by atoms with van der Waals surface area (Å²) < 4.78 is 45.0. The maximum atomic E-state index is 12.6. The fourth-order valence-electron chi connectivity index (χ4n) is 1.98. The maximum absolute atomic E-state index is 12.6. The van der Waals surface area contributed by atoms with Crippen LogP contribution >= 0.6 is 0 Å². The van der Waals surface area contributed by atoms with Gasteiger partial charge in [-0.05, 0) is 30.3 Å². The topological polar surface area (TPSA) is 26.5 Å². The van der Waals surface area contributed by atoms with Gasteiger partial charge in [-0.15, -0.1) is 0 Å². The quantitative estimate of drug-likeness (QED) is 0.731. The highest BCUT2D eigenvalue weighted by Crippen LogP contribution is 2.31. The van der Waals surface area contributed by atoms with Crippen LogP contribution in [0, 0.1) is 0 Å². The highest BCUT2D eigenvalue weighted by atomic mass is 19.4. The number of imidazole rings is 1. The van der Waals surface area contributed by atoms with Crippen LogP contribution in [0.25, 0.3) is 5.65 Å². The van der Waals surface area contributed by atoms with E-state index in [0.29, 0.717) is 5.69 Å². The van der Waals surface area contributed by atoms with Gasteiger partial charge >= 0.3 is 6.18 Å². The van der Waals surface area contributed by atoms with Crippen molar-refractivity contribution in [3.8, 4) is 5.75 Å². The number of halogens is 3. The van der Waals surface area contributed by atoms with Crippen molar-refractivity contribution in [2.24, 2.45) is 0 Å². The molecule has 0 amide bonds. The third-order valence-electron chi connectivity index (χ3n) is 2.96. The minimum Gasteiger partial charge on any atom is -0.487 e. The van der Waals surface area contributed by atoms with Gasteiger partial charge in [0.25, 0.3) is 0 Å². The van der Waals surface area contributed by atoms with Crippen molar-refractivity contribution in [2.45, 2.75) is 12.8 Å². The van der Waals surface area contributed by atoms with Gasteiger partial charge in [0.15, 0.2) is 0 Å². The van der Waals surface area contributed by atoms with Gasteiger partial charge in [-0.3, -0.25) is 0 Å². The van der Waals surface area contributed by atoms with E-state index >= 15 is 0 Å². The van der Waals surface area contributed by atoms with Crippen molar-refractivity contribution in [1.82, 2.24) is 9.38 Å². The van der Waals surface area contributed by atoms with Gasteiger partial charge in [0.1, 0.15) is 18.0 Å². The van der Waals surface area contributed by atoms with Crippen LogP contribution in [0.15, 0.2) is 54.9 Å². The van der Waals surface area contributed by atoms with Crippen molar-refractivity contribution in [1.29, 1.82) is 0 Å². The molecule has 3 nitrogen and oxygen atoms in total. The molecule has 108 valence electrons. The number of rotatable bonds is 3. The predicted octanol–water partition coefficient (Wildman–Crippen LogP) is 3.93. The first-order chi connectivity index (χ1) is 10.0. The second-order valence-electron chi connectivity index (χ2n) is 4.51. The van der Waals surface area contributed by atoms with E-state index in [1.165, 1.54) is 12.1 Å². The average molecular weight is 292 g/mol. The Bertz CT molecular complexity index is 732. The van der Waals surface area contributed by atoms with Gasteiger partial charge in [-0.25, -0.2) is 4.98 Å². The number of pyridine rings is 1. The number of fused-ring (bicyclic) bond motifs is 1. The summed E-state index contributed by atoms with van der Waals surface area (Å²) in [5.74, 6) is 0.168. The normalized spacial score (nSPS) is 11.8. The van der Waals surface area contributed by atoms with Crippen molar-refractivity contribution < 1.29 is 17.9 Å². The van der Waals surface area contributed by atoms with E-state index in [-0.39, 0.29) is 12.4 Å². The van der Waals surface area contributed by atoms with Gasteiger partial charge < -0.3 is 9.14 Å². The van der Waals surface area contributed by atoms with Crippen LogP contribution in [-0.2, 0) is 12.8 Å². The molecule has 0 aliphatic rings. The number of hydrogen-bond donors (Lipinski definition) is 0. The first kappa shape index (κ1) is 13.5. The molecule has 21 heavy (non-hydrogen) atoms. The Labute approximate surface area is 118 Å². The minimum atomic E-state index is -4.37. The van der Waals surface area contributed by atoms with Crippen LogP contribution in [-0.4, -0.2) is 9.38 Å². The molecule has 0 atom stereocenters. The van der Waals surface area contributed by atoms with Crippen molar-refractivity contribution in [2.75, 3.05) is 0 Å². The summed E-state index contributed by atoms with van der Waals surface area (Å²) in [6.07, 6.45) is -0.749. The standard InChI is InChI=1S/C15H11F3N2O/c16-15(17,18)11-4-3-5-13(8-11)21-10-12-9-20-7-2-1-6-14(20)19-12/h1-9H,10H2. The zero-order valence-electron chi connectivity index (χ0n) is 10.8. The molecule has 0 aliphatic carbocycles. The molecule has 0 aliphatic heterocycles. The van der Waals surface area contributed by atoms with E-state index in [0.717, 1.165) is 17.8 Å². The number of ether oxygens (including phenoxy) is 1. The fourth-order valence-corrected chi connectivity index (χ4v) is 1.98. The number of aromatic nitrogens is 2. The van der Waals surface area contributed by atoms with Crippen molar-refractivity contribution >= 4 is 5.65 Å². The Kier molecular flexibility index (Phi) is 3.29. The van der Waals surface area contributed by atoms with E-state index < -0.39 is 11.7 Å². The molecule has 6 heteroatoms. The minimum absolute atomic E-state index is 0.114. The highest BCUT2D eigenvalue weighted by molar-refractivity contribution is 5.39. The Morgan fingerprint density at radius 3 is 2.71 bits per heavy atom. The van der Waals surface area contributed by atoms with Crippen molar-refractivity contribution in [3.05, 3.63) is 66.1 Å². The molecule has 2 heterocycles. The lowest BCUT2D eigenvalue weighted by Gasteiger charge is -2.09. The first-order valence-electron chi connectivity index (χ1n) is 6.25. The molecule has 3 rings (SSSR count). The Hall–Kier alpha value is -2.50. The molecule has 0 radical (unpaired) electrons. The Morgan fingerprint density at radius 2 is 1.95 bits per heavy atom. The largest absolute Gasteiger partial charge is 0.487 e. The summed E-state index contributed by atoms with van der Waals surface area (Å²) in [6.45, 7) is 0.114. The predicted molar refractivity (Wildman–Crippen MR) is 71.0 cm³/mol. The van der Waals surface area contributed by atoms with Crippen molar-refractivity contribution in [3.63, 3.8) is 0 Å². The summed E-state index contributed by atoms with van der Waals surface area (Å²) >= 11 is 0. The fraction of sp³-hybridized carbons (Fsp3) is 0.133. The first-order valence-corrected chi connectivity index (χ1v) is 6.25. The molecule has 3 aromatic rings. The second kappa shape index (κ2) is 5.12. The van der Waals surface area contributed by atoms with Crippen LogP contribution in [0.4, 0.5) is 13.2 Å². The molecule has 0 saturated carbocycles. The SMILES string of the molecule is FC(F)(F)c1cccc(OCc2cn3ccccc3n2)c1. The molecular formula is C15H11F3N2O. The van der Waals surface area contributed by atoms with Gasteiger partial charge in [0, 0.05) is 12.4 Å². The van der Waals surface area contributed by atoms with E-state index in [1.54, 1.807) is 6.20 Å². The third-order valence-corrected chi connectivity index (χ3v) is 2.96. The van der Waals surface area contributed by atoms with Crippen LogP contribution in [0.2, 0.25) is 0 Å². The smallest absolute Gasteiger partial charge is 0.416 e. The van der Waals surface area contributed by atoms with E-state index in [9.17, 15) is 13.2 Å². The lowest BCUT2D eigenvalue weighted by atomic mass is 10.2. The van der Waals surface area contributed by atoms with Gasteiger partial charge in [-0.2, -0.15) is 13.2 Å². The maximum Gasteiger partial charge on any atom is 0.416 e. The Morgan fingerprint density at radius 1 is 1.10 bits per heavy atom. The molecule has 2 aromatic heterocycles. The summed E-state index contributed by atoms with van der Waals surface area (Å²) in [6, 6.07) is 10.4. The molecule has 0 bridgehead atoms. The zero-order chi connectivity index (χ0) is 14.9. The molecule has 0 spiro atoms. The molecule has 0 fully saturated rings. The molecule has 0 unspecified atom stereocenters. The number of nitrogens with zero attached hydrogens (tertiary/aromatic N) is 2. The van der Waals surface area contributed by atoms with Gasteiger partial charge in [-0.1, -0.05) is 12.1 Å². The van der Waals surface area contributed by atoms with Crippen LogP contribution in [0.3, 0.4) is 0 Å². The number of benzene rings is 1. The Balaban J connectivity index is 1.75. The van der Waals surface area contributed by atoms with Gasteiger partial charge in [0.05, 0.1) is 11.3 Å². The molecule has 0 N–H and O–H groups in total. The summed E-state index contributed by atoms with van der Waals surface area (Å²) in [5.41, 5.74) is 0.689. The zero-order valence-corrected chi connectivity index (χ0v) is 10.8. The monoisotopic (exact) mass is 292 g/mol. The summed E-state index contributed by atoms with van der Waals surface area (Å²) in [4.78, 5) is 4.31. The molecular weight excluding hydrogens is 281 g/mol. The molecule has 0 saturated heterocycles. The number of alkyl halides is 3. The highest BCUT2D eigenvalue weighted by Gasteiger charge is 2.30. The van der Waals surface area contributed by atoms with E-state index in [4.69, 9.17) is 4.74 Å². The average Bonchev–Trinajstić information content (AvgIpc) is 2.87. The second-order valence-corrected chi connectivity index (χ2v) is 4.51. The number of hydrogen-bond acceptors (Lipinski definition) is 2. The van der Waals surface area contributed by atoms with E-state index in [2.05, 4.69) is 4.98 Å². The van der Waals surface area contributed by atoms with Crippen LogP contribution < -0.4 is 4.74 Å². The van der Waals surface area contributed by atoms with Crippen LogP contribution in [0.5, 0.6) is 5.75 Å². The lowest BCUT2D eigenvalue weighted by molar-refractivity contribution is -0.137. The molecule has 1 aromatic carbocycles. The summed E-state index contributed by atoms with van der Waals surface area (Å²) in [5, 5.41) is 0. The lowest BCUT2D eigenvalue weighted by Crippen LogP contribution is -2.05.